The summed E-state index contributed by atoms with van der Waals surface area (Å²) in [5.41, 5.74) is 2.97. The highest BCUT2D eigenvalue weighted by molar-refractivity contribution is 5.76. The van der Waals surface area contributed by atoms with E-state index in [1.807, 2.05) is 77.7 Å². The van der Waals surface area contributed by atoms with Crippen molar-refractivity contribution in [1.82, 2.24) is 9.88 Å². The van der Waals surface area contributed by atoms with Gasteiger partial charge in [0, 0.05) is 32.0 Å². The minimum absolute atomic E-state index is 0.0504. The number of amides is 1. The predicted molar refractivity (Wildman–Crippen MR) is 131 cm³/mol. The van der Waals surface area contributed by atoms with Crippen molar-refractivity contribution < 1.29 is 18.7 Å². The Morgan fingerprint density at radius 3 is 2.12 bits per heavy atom. The van der Waals surface area contributed by atoms with E-state index in [2.05, 4.69) is 4.98 Å². The van der Waals surface area contributed by atoms with Crippen LogP contribution in [-0.2, 0) is 24.3 Å². The number of carbonyl (C=O) groups excluding carboxylic acids is 1. The maximum atomic E-state index is 13.2. The number of aromatic nitrogens is 1. The average molecular weight is 457 g/mol. The molecule has 4 aromatic rings. The molecule has 174 valence electrons. The number of hydrogen-bond donors (Lipinski definition) is 0. The van der Waals surface area contributed by atoms with Gasteiger partial charge in [-0.3, -0.25) is 4.79 Å². The first-order valence-electron chi connectivity index (χ1n) is 11.2. The molecule has 0 atom stereocenters. The fourth-order valence-electron chi connectivity index (χ4n) is 3.76. The third kappa shape index (κ3) is 5.84. The number of rotatable bonds is 10. The van der Waals surface area contributed by atoms with Crippen LogP contribution in [0.5, 0.6) is 11.5 Å². The summed E-state index contributed by atoms with van der Waals surface area (Å²) in [6.07, 6.45) is 2.38. The van der Waals surface area contributed by atoms with Gasteiger partial charge in [-0.25, -0.2) is 4.98 Å². The Morgan fingerprint density at radius 2 is 1.53 bits per heavy atom. The minimum atomic E-state index is 0.0504. The van der Waals surface area contributed by atoms with Crippen LogP contribution >= 0.6 is 0 Å². The highest BCUT2D eigenvalue weighted by atomic mass is 16.5. The molecule has 0 aliphatic rings. The van der Waals surface area contributed by atoms with Crippen molar-refractivity contribution >= 4 is 5.91 Å². The molecule has 1 aromatic heterocycles. The van der Waals surface area contributed by atoms with Crippen molar-refractivity contribution in [2.24, 2.45) is 0 Å². The Hall–Kier alpha value is -4.06. The summed E-state index contributed by atoms with van der Waals surface area (Å²) in [4.78, 5) is 19.5. The van der Waals surface area contributed by atoms with Crippen molar-refractivity contribution in [1.29, 1.82) is 0 Å². The molecule has 0 unspecified atom stereocenters. The summed E-state index contributed by atoms with van der Waals surface area (Å²) >= 11 is 0. The summed E-state index contributed by atoms with van der Waals surface area (Å²) in [6, 6.07) is 25.6. The van der Waals surface area contributed by atoms with E-state index in [0.717, 1.165) is 16.7 Å². The molecule has 0 radical (unpaired) electrons. The average Bonchev–Trinajstić information content (AvgIpc) is 3.36. The van der Waals surface area contributed by atoms with Crippen LogP contribution in [-0.4, -0.2) is 30.0 Å². The Bertz CT molecular complexity index is 1160. The number of hydrogen-bond acceptors (Lipinski definition) is 5. The molecule has 4 rings (SSSR count). The smallest absolute Gasteiger partial charge is 0.223 e. The maximum Gasteiger partial charge on any atom is 0.223 e. The van der Waals surface area contributed by atoms with Gasteiger partial charge in [0.15, 0.2) is 11.7 Å². The van der Waals surface area contributed by atoms with E-state index in [0.29, 0.717) is 49.1 Å². The monoisotopic (exact) mass is 456 g/mol. The fraction of sp³-hybridized carbons (Fsp3) is 0.214. The van der Waals surface area contributed by atoms with Crippen LogP contribution in [0, 0.1) is 0 Å². The third-order valence-corrected chi connectivity index (χ3v) is 5.57. The normalized spacial score (nSPS) is 10.6. The van der Waals surface area contributed by atoms with E-state index in [9.17, 15) is 4.79 Å². The van der Waals surface area contributed by atoms with E-state index in [4.69, 9.17) is 13.9 Å². The fourth-order valence-corrected chi connectivity index (χ4v) is 3.76. The molecule has 0 bridgehead atoms. The Kier molecular flexibility index (Phi) is 7.60. The van der Waals surface area contributed by atoms with Crippen molar-refractivity contribution in [3.8, 4) is 22.8 Å². The zero-order valence-corrected chi connectivity index (χ0v) is 19.4. The number of aryl methyl sites for hydroxylation is 1. The number of oxazole rings is 1. The summed E-state index contributed by atoms with van der Waals surface area (Å²) < 4.78 is 16.7. The summed E-state index contributed by atoms with van der Waals surface area (Å²) in [6.45, 7) is 1.10. The molecular weight excluding hydrogens is 428 g/mol. The van der Waals surface area contributed by atoms with Gasteiger partial charge in [0.05, 0.1) is 26.0 Å². The van der Waals surface area contributed by atoms with Crippen LogP contribution in [0.3, 0.4) is 0 Å². The Morgan fingerprint density at radius 1 is 0.882 bits per heavy atom. The first-order valence-corrected chi connectivity index (χ1v) is 11.2. The Labute approximate surface area is 199 Å². The molecule has 3 aromatic carbocycles. The molecule has 0 saturated carbocycles. The van der Waals surface area contributed by atoms with Crippen LogP contribution < -0.4 is 9.47 Å². The van der Waals surface area contributed by atoms with Crippen LogP contribution in [0.15, 0.2) is 89.5 Å². The summed E-state index contributed by atoms with van der Waals surface area (Å²) in [7, 11) is 3.21. The van der Waals surface area contributed by atoms with Gasteiger partial charge in [0.2, 0.25) is 5.91 Å². The molecule has 0 fully saturated rings. The minimum Gasteiger partial charge on any atom is -0.497 e. The van der Waals surface area contributed by atoms with E-state index in [1.54, 1.807) is 26.5 Å². The van der Waals surface area contributed by atoms with Crippen LogP contribution in [0.4, 0.5) is 0 Å². The van der Waals surface area contributed by atoms with E-state index < -0.39 is 0 Å². The topological polar surface area (TPSA) is 64.8 Å². The van der Waals surface area contributed by atoms with Gasteiger partial charge in [-0.2, -0.15) is 0 Å². The molecule has 6 nitrogen and oxygen atoms in total. The Balaban J connectivity index is 1.45. The lowest BCUT2D eigenvalue weighted by atomic mass is 10.1. The first kappa shape index (κ1) is 23.1. The van der Waals surface area contributed by atoms with Gasteiger partial charge in [-0.15, -0.1) is 0 Å². The molecule has 6 heteroatoms. The van der Waals surface area contributed by atoms with Gasteiger partial charge < -0.3 is 18.8 Å². The molecule has 1 heterocycles. The standard InChI is InChI=1S/C28H28N2O4/c1-32-23-13-14-24(25(17-23)33-2)26-18-29-27(34-26)15-16-28(31)30(19-21-9-5-3-6-10-21)20-22-11-7-4-8-12-22/h3-14,17-18H,15-16,19-20H2,1-2H3. The SMILES string of the molecule is COc1ccc(-c2cnc(CCC(=O)N(Cc3ccccc3)Cc3ccccc3)o2)c(OC)c1. The zero-order valence-electron chi connectivity index (χ0n) is 19.4. The molecule has 34 heavy (non-hydrogen) atoms. The lowest BCUT2D eigenvalue weighted by Crippen LogP contribution is -2.30. The number of benzene rings is 3. The number of nitrogens with zero attached hydrogens (tertiary/aromatic N) is 2. The van der Waals surface area contributed by atoms with Gasteiger partial charge in [-0.05, 0) is 23.3 Å². The third-order valence-electron chi connectivity index (χ3n) is 5.57. The highest BCUT2D eigenvalue weighted by Gasteiger charge is 2.17. The van der Waals surface area contributed by atoms with E-state index in [-0.39, 0.29) is 5.91 Å². The predicted octanol–water partition coefficient (Wildman–Crippen LogP) is 5.52. The van der Waals surface area contributed by atoms with Gasteiger partial charge in [0.25, 0.3) is 0 Å². The molecular formula is C28H28N2O4. The number of ether oxygens (including phenoxy) is 2. The molecule has 1 amide bonds. The van der Waals surface area contributed by atoms with E-state index >= 15 is 0 Å². The first-order chi connectivity index (χ1) is 16.7. The van der Waals surface area contributed by atoms with Crippen molar-refractivity contribution in [3.63, 3.8) is 0 Å². The van der Waals surface area contributed by atoms with E-state index in [1.165, 1.54) is 0 Å². The lowest BCUT2D eigenvalue weighted by Gasteiger charge is -2.23. The molecule has 0 saturated heterocycles. The second kappa shape index (κ2) is 11.2. The zero-order chi connectivity index (χ0) is 23.8. The van der Waals surface area contributed by atoms with Crippen LogP contribution in [0.25, 0.3) is 11.3 Å². The van der Waals surface area contributed by atoms with Gasteiger partial charge in [-0.1, -0.05) is 60.7 Å². The van der Waals surface area contributed by atoms with Crippen molar-refractivity contribution in [2.45, 2.75) is 25.9 Å². The van der Waals surface area contributed by atoms with Gasteiger partial charge >= 0.3 is 0 Å². The quantitative estimate of drug-likeness (QED) is 0.314. The van der Waals surface area contributed by atoms with Crippen LogP contribution in [0.2, 0.25) is 0 Å². The number of carbonyl (C=O) groups is 1. The summed E-state index contributed by atoms with van der Waals surface area (Å²) in [5.74, 6) is 2.49. The van der Waals surface area contributed by atoms with Crippen molar-refractivity contribution in [3.05, 3.63) is 102 Å². The second-order valence-electron chi connectivity index (χ2n) is 7.91. The molecule has 0 N–H and O–H groups in total. The summed E-state index contributed by atoms with van der Waals surface area (Å²) in [5, 5.41) is 0. The second-order valence-corrected chi connectivity index (χ2v) is 7.91. The van der Waals surface area contributed by atoms with Crippen LogP contribution in [0.1, 0.15) is 23.4 Å². The molecule has 0 aliphatic carbocycles. The lowest BCUT2D eigenvalue weighted by molar-refractivity contribution is -0.132. The number of methoxy groups -OCH3 is 2. The maximum absolute atomic E-state index is 13.2. The van der Waals surface area contributed by atoms with Crippen molar-refractivity contribution in [2.75, 3.05) is 14.2 Å². The molecule has 0 spiro atoms. The van der Waals surface area contributed by atoms with Gasteiger partial charge in [0.1, 0.15) is 11.5 Å². The largest absolute Gasteiger partial charge is 0.497 e. The highest BCUT2D eigenvalue weighted by Crippen LogP contribution is 2.33. The molecule has 0 aliphatic heterocycles.